The molecule has 2 aliphatic rings. The first-order chi connectivity index (χ1) is 21.0. The third kappa shape index (κ3) is 5.06. The predicted molar refractivity (Wildman–Crippen MR) is 167 cm³/mol. The number of nitrogens with one attached hydrogen (secondary N) is 1. The average molecular weight is 592 g/mol. The van der Waals surface area contributed by atoms with Crippen molar-refractivity contribution in [1.82, 2.24) is 14.9 Å². The molecule has 6 rings (SSSR count). The number of carboxylic acids is 1. The van der Waals surface area contributed by atoms with Crippen molar-refractivity contribution in [3.63, 3.8) is 0 Å². The molecule has 44 heavy (non-hydrogen) atoms. The fraction of sp³-hybridized carbons (Fsp3) is 0.294. The maximum atomic E-state index is 14.2. The van der Waals surface area contributed by atoms with Crippen molar-refractivity contribution in [1.29, 1.82) is 0 Å². The first-order valence-corrected chi connectivity index (χ1v) is 14.7. The number of rotatable bonds is 7. The van der Waals surface area contributed by atoms with Crippen LogP contribution >= 0.6 is 0 Å². The van der Waals surface area contributed by atoms with Gasteiger partial charge in [0.25, 0.3) is 17.4 Å². The number of benzene rings is 3. The highest BCUT2D eigenvalue weighted by molar-refractivity contribution is 6.20. The number of anilines is 1. The summed E-state index contributed by atoms with van der Waals surface area (Å²) in [7, 11) is 0. The van der Waals surface area contributed by atoms with Crippen molar-refractivity contribution in [3.05, 3.63) is 105 Å². The fourth-order valence-corrected chi connectivity index (χ4v) is 6.16. The van der Waals surface area contributed by atoms with Gasteiger partial charge in [-0.1, -0.05) is 55.8 Å². The van der Waals surface area contributed by atoms with E-state index in [0.717, 1.165) is 27.9 Å². The molecule has 0 saturated heterocycles. The molecule has 2 unspecified atom stereocenters. The number of aliphatic imine (C=N–C) groups is 1. The zero-order chi connectivity index (χ0) is 31.3. The van der Waals surface area contributed by atoms with Gasteiger partial charge in [0.1, 0.15) is 11.9 Å². The summed E-state index contributed by atoms with van der Waals surface area (Å²) >= 11 is 0. The van der Waals surface area contributed by atoms with Crippen molar-refractivity contribution < 1.29 is 19.5 Å². The van der Waals surface area contributed by atoms with Gasteiger partial charge in [0.2, 0.25) is 6.17 Å². The van der Waals surface area contributed by atoms with Crippen LogP contribution in [0.5, 0.6) is 0 Å². The summed E-state index contributed by atoms with van der Waals surface area (Å²) in [6.07, 6.45) is -0.206. The van der Waals surface area contributed by atoms with E-state index in [2.05, 4.69) is 16.4 Å². The number of carbonyl (C=O) groups is 3. The smallest absolute Gasteiger partial charge is 0.326 e. The first kappa shape index (κ1) is 29.0. The highest BCUT2D eigenvalue weighted by Gasteiger charge is 2.38. The van der Waals surface area contributed by atoms with Gasteiger partial charge >= 0.3 is 5.97 Å². The highest BCUT2D eigenvalue weighted by atomic mass is 16.4. The number of fused-ring (bicyclic) bond motifs is 1. The van der Waals surface area contributed by atoms with Crippen molar-refractivity contribution in [2.24, 2.45) is 10.9 Å². The van der Waals surface area contributed by atoms with Crippen molar-refractivity contribution in [3.8, 4) is 0 Å². The molecule has 0 radical (unpaired) electrons. The zero-order valence-corrected chi connectivity index (χ0v) is 25.0. The van der Waals surface area contributed by atoms with Crippen LogP contribution in [0.4, 0.5) is 5.69 Å². The summed E-state index contributed by atoms with van der Waals surface area (Å²) in [5.74, 6) is -1.67. The van der Waals surface area contributed by atoms with Gasteiger partial charge in [-0.2, -0.15) is 0 Å². The van der Waals surface area contributed by atoms with E-state index < -0.39 is 29.6 Å². The van der Waals surface area contributed by atoms with Crippen LogP contribution in [0.1, 0.15) is 64.9 Å². The van der Waals surface area contributed by atoms with Gasteiger partial charge < -0.3 is 15.3 Å². The Labute approximate surface area is 254 Å². The normalized spacial score (nSPS) is 16.5. The van der Waals surface area contributed by atoms with E-state index in [4.69, 9.17) is 4.99 Å². The van der Waals surface area contributed by atoms with Crippen LogP contribution in [0, 0.1) is 19.8 Å². The molecule has 3 heterocycles. The first-order valence-electron chi connectivity index (χ1n) is 14.7. The maximum absolute atomic E-state index is 14.2. The Hall–Kier alpha value is -5.12. The van der Waals surface area contributed by atoms with Gasteiger partial charge in [0, 0.05) is 23.2 Å². The number of nitrogens with zero attached hydrogens (tertiary/aromatic N) is 4. The Bertz CT molecular complexity index is 1930. The third-order valence-corrected chi connectivity index (χ3v) is 8.14. The lowest BCUT2D eigenvalue weighted by atomic mass is 9.96. The van der Waals surface area contributed by atoms with Gasteiger partial charge in [-0.05, 0) is 62.4 Å². The molecule has 0 aliphatic carbocycles. The minimum atomic E-state index is -1.19. The van der Waals surface area contributed by atoms with Gasteiger partial charge in [0.15, 0.2) is 0 Å². The molecule has 3 aromatic carbocycles. The molecular formula is C34H33N5O5. The molecule has 0 saturated carbocycles. The van der Waals surface area contributed by atoms with Gasteiger partial charge in [0.05, 0.1) is 22.3 Å². The van der Waals surface area contributed by atoms with Crippen molar-refractivity contribution >= 4 is 40.1 Å². The molecule has 2 aliphatic heterocycles. The second kappa shape index (κ2) is 11.2. The lowest BCUT2D eigenvalue weighted by Crippen LogP contribution is -2.41. The van der Waals surface area contributed by atoms with E-state index in [9.17, 15) is 24.3 Å². The van der Waals surface area contributed by atoms with Crippen molar-refractivity contribution in [2.75, 3.05) is 11.4 Å². The van der Waals surface area contributed by atoms with E-state index in [0.29, 0.717) is 18.7 Å². The van der Waals surface area contributed by atoms with Crippen molar-refractivity contribution in [2.45, 2.75) is 52.7 Å². The predicted octanol–water partition coefficient (Wildman–Crippen LogP) is 4.18. The number of aliphatic carboxylic acids is 1. The molecule has 0 spiro atoms. The number of carboxylic acid groups (broad SMARTS) is 1. The minimum absolute atomic E-state index is 0.0662. The molecular weight excluding hydrogens is 558 g/mol. The number of hydrogen-bond acceptors (Lipinski definition) is 6. The number of amides is 2. The SMILES string of the molecule is Cc1cc2c3c(c1)C(c1ccccc1)=NC(n1c(C)nc4cc(C(=O)NC(CC(C)C)C(=O)O)ccc4c1=O)C(=O)N3CC2. The summed E-state index contributed by atoms with van der Waals surface area (Å²) in [5, 5.41) is 12.3. The fourth-order valence-electron chi connectivity index (χ4n) is 6.16. The van der Waals surface area contributed by atoms with Crippen LogP contribution in [0.3, 0.4) is 0 Å². The second-order valence-corrected chi connectivity index (χ2v) is 11.8. The van der Waals surface area contributed by atoms with E-state index >= 15 is 0 Å². The summed E-state index contributed by atoms with van der Waals surface area (Å²) < 4.78 is 1.33. The third-order valence-electron chi connectivity index (χ3n) is 8.14. The highest BCUT2D eigenvalue weighted by Crippen LogP contribution is 2.39. The second-order valence-electron chi connectivity index (χ2n) is 11.8. The van der Waals surface area contributed by atoms with E-state index in [-0.39, 0.29) is 40.5 Å². The summed E-state index contributed by atoms with van der Waals surface area (Å²) in [4.78, 5) is 64.2. The van der Waals surface area contributed by atoms with Crippen LogP contribution in [-0.4, -0.2) is 50.7 Å². The van der Waals surface area contributed by atoms with Crippen LogP contribution < -0.4 is 15.8 Å². The maximum Gasteiger partial charge on any atom is 0.326 e. The molecule has 0 fully saturated rings. The van der Waals surface area contributed by atoms with Gasteiger partial charge in [-0.3, -0.25) is 19.0 Å². The quantitative estimate of drug-likeness (QED) is 0.331. The standard InChI is InChI=1S/C34H33N5O5/c1-18(2)14-27(34(43)44)36-31(40)23-10-11-24-26(17-23)35-20(4)39(32(24)41)30-33(42)38-13-12-22-15-19(3)16-25(29(22)38)28(37-30)21-8-6-5-7-9-21/h5-11,15-18,27,30H,12-14H2,1-4H3,(H,36,40)(H,43,44). The number of aryl methyl sites for hydroxylation is 2. The molecule has 10 nitrogen and oxygen atoms in total. The molecule has 1 aromatic heterocycles. The molecule has 2 atom stereocenters. The zero-order valence-electron chi connectivity index (χ0n) is 25.0. The van der Waals surface area contributed by atoms with E-state index in [1.54, 1.807) is 11.8 Å². The lowest BCUT2D eigenvalue weighted by molar-refractivity contribution is -0.139. The Morgan fingerprint density at radius 1 is 1.05 bits per heavy atom. The Kier molecular flexibility index (Phi) is 7.36. The monoisotopic (exact) mass is 591 g/mol. The molecule has 4 aromatic rings. The summed E-state index contributed by atoms with van der Waals surface area (Å²) in [6.45, 7) is 7.91. The molecule has 2 amide bonds. The number of aromatic nitrogens is 2. The van der Waals surface area contributed by atoms with Gasteiger partial charge in [-0.15, -0.1) is 0 Å². The van der Waals surface area contributed by atoms with Crippen LogP contribution in [0.2, 0.25) is 0 Å². The summed E-state index contributed by atoms with van der Waals surface area (Å²) in [6, 6.07) is 17.1. The van der Waals surface area contributed by atoms with E-state index in [1.807, 2.05) is 57.2 Å². The van der Waals surface area contributed by atoms with E-state index in [1.165, 1.54) is 22.8 Å². The summed E-state index contributed by atoms with van der Waals surface area (Å²) in [5.41, 5.74) is 5.27. The van der Waals surface area contributed by atoms with Crippen LogP contribution in [0.15, 0.2) is 70.5 Å². The molecule has 2 N–H and O–H groups in total. The largest absolute Gasteiger partial charge is 0.480 e. The Morgan fingerprint density at radius 3 is 2.50 bits per heavy atom. The minimum Gasteiger partial charge on any atom is -0.480 e. The number of hydrogen-bond donors (Lipinski definition) is 2. The lowest BCUT2D eigenvalue weighted by Gasteiger charge is -2.23. The van der Waals surface area contributed by atoms with Crippen LogP contribution in [-0.2, 0) is 16.0 Å². The Morgan fingerprint density at radius 2 is 1.80 bits per heavy atom. The molecule has 0 bridgehead atoms. The van der Waals surface area contributed by atoms with Crippen LogP contribution in [0.25, 0.3) is 10.9 Å². The Balaban J connectivity index is 1.46. The van der Waals surface area contributed by atoms with Gasteiger partial charge in [-0.25, -0.2) is 14.8 Å². The average Bonchev–Trinajstić information content (AvgIpc) is 3.36. The molecule has 10 heteroatoms. The molecule has 224 valence electrons. The topological polar surface area (TPSA) is 134 Å². The number of carbonyl (C=O) groups excluding carboxylic acids is 2.